The topological polar surface area (TPSA) is 21.7 Å². The van der Waals surface area contributed by atoms with Crippen LogP contribution in [0.3, 0.4) is 0 Å². The molecule has 1 heterocycles. The molecular formula is C17H35NO2. The van der Waals surface area contributed by atoms with Crippen molar-refractivity contribution in [3.05, 3.63) is 0 Å². The molecule has 3 heteroatoms. The van der Waals surface area contributed by atoms with Gasteiger partial charge in [0.2, 0.25) is 0 Å². The zero-order valence-corrected chi connectivity index (χ0v) is 14.7. The molecule has 0 aromatic heterocycles. The molecule has 1 saturated heterocycles. The van der Waals surface area contributed by atoms with Crippen molar-refractivity contribution in [3.63, 3.8) is 0 Å². The Balaban J connectivity index is 2.25. The van der Waals surface area contributed by atoms with Crippen molar-refractivity contribution in [2.45, 2.75) is 72.5 Å². The van der Waals surface area contributed by atoms with Gasteiger partial charge in [-0.15, -0.1) is 0 Å². The maximum absolute atomic E-state index is 5.99. The molecule has 0 radical (unpaired) electrons. The van der Waals surface area contributed by atoms with Gasteiger partial charge in [-0.3, -0.25) is 0 Å². The first kappa shape index (κ1) is 17.9. The van der Waals surface area contributed by atoms with Gasteiger partial charge in [-0.1, -0.05) is 6.92 Å². The minimum Gasteiger partial charge on any atom is -0.375 e. The zero-order chi connectivity index (χ0) is 15.4. The quantitative estimate of drug-likeness (QED) is 0.768. The minimum atomic E-state index is -0.0271. The highest BCUT2D eigenvalue weighted by molar-refractivity contribution is 4.83. The first-order valence-electron chi connectivity index (χ1n) is 7.99. The molecule has 0 amide bonds. The standard InChI is InChI=1S/C17H35NO2/c1-15(2,3)19-13-12-18-10-8-17(7,9-11-18)14-20-16(4,5)6/h8-14H2,1-7H3. The van der Waals surface area contributed by atoms with Crippen molar-refractivity contribution < 1.29 is 9.47 Å². The van der Waals surface area contributed by atoms with Crippen LogP contribution in [0, 0.1) is 5.41 Å². The molecule has 1 rings (SSSR count). The Morgan fingerprint density at radius 1 is 0.900 bits per heavy atom. The Kier molecular flexibility index (Phi) is 6.06. The third-order valence-electron chi connectivity index (χ3n) is 3.86. The van der Waals surface area contributed by atoms with Gasteiger partial charge in [0.1, 0.15) is 0 Å². The fraction of sp³-hybridized carbons (Fsp3) is 1.00. The van der Waals surface area contributed by atoms with Crippen LogP contribution >= 0.6 is 0 Å². The Hall–Kier alpha value is -0.120. The lowest BCUT2D eigenvalue weighted by molar-refractivity contribution is -0.0683. The summed E-state index contributed by atoms with van der Waals surface area (Å²) in [6.07, 6.45) is 2.44. The summed E-state index contributed by atoms with van der Waals surface area (Å²) in [7, 11) is 0. The molecule has 0 atom stereocenters. The Morgan fingerprint density at radius 2 is 1.40 bits per heavy atom. The first-order valence-corrected chi connectivity index (χ1v) is 7.99. The molecule has 0 unspecified atom stereocenters. The fourth-order valence-corrected chi connectivity index (χ4v) is 2.33. The van der Waals surface area contributed by atoms with Crippen molar-refractivity contribution in [2.75, 3.05) is 32.8 Å². The SMILES string of the molecule is CC1(COC(C)(C)C)CCN(CCOC(C)(C)C)CC1. The second kappa shape index (κ2) is 6.76. The van der Waals surface area contributed by atoms with Crippen LogP contribution in [0.25, 0.3) is 0 Å². The van der Waals surface area contributed by atoms with Crippen molar-refractivity contribution in [3.8, 4) is 0 Å². The first-order chi connectivity index (χ1) is 8.99. The normalized spacial score (nSPS) is 21.1. The van der Waals surface area contributed by atoms with E-state index in [1.54, 1.807) is 0 Å². The van der Waals surface area contributed by atoms with E-state index in [0.29, 0.717) is 5.41 Å². The van der Waals surface area contributed by atoms with Crippen molar-refractivity contribution in [1.29, 1.82) is 0 Å². The summed E-state index contributed by atoms with van der Waals surface area (Å²) < 4.78 is 11.8. The second-order valence-electron chi connectivity index (χ2n) is 8.51. The molecule has 0 aromatic rings. The van der Waals surface area contributed by atoms with Gasteiger partial charge in [0.05, 0.1) is 24.4 Å². The third-order valence-corrected chi connectivity index (χ3v) is 3.86. The van der Waals surface area contributed by atoms with Crippen LogP contribution in [-0.2, 0) is 9.47 Å². The van der Waals surface area contributed by atoms with Crippen molar-refractivity contribution >= 4 is 0 Å². The van der Waals surface area contributed by atoms with Gasteiger partial charge in [0.25, 0.3) is 0 Å². The van der Waals surface area contributed by atoms with Gasteiger partial charge >= 0.3 is 0 Å². The molecule has 0 aromatic carbocycles. The molecule has 0 aliphatic carbocycles. The highest BCUT2D eigenvalue weighted by atomic mass is 16.5. The fourth-order valence-electron chi connectivity index (χ4n) is 2.33. The highest BCUT2D eigenvalue weighted by Crippen LogP contribution is 2.32. The molecular weight excluding hydrogens is 250 g/mol. The summed E-state index contributed by atoms with van der Waals surface area (Å²) in [4.78, 5) is 2.52. The van der Waals surface area contributed by atoms with Gasteiger partial charge in [-0.25, -0.2) is 0 Å². The molecule has 1 aliphatic rings. The molecule has 1 aliphatic heterocycles. The van der Waals surface area contributed by atoms with Crippen LogP contribution in [0.5, 0.6) is 0 Å². The van der Waals surface area contributed by atoms with E-state index >= 15 is 0 Å². The number of nitrogens with zero attached hydrogens (tertiary/aromatic N) is 1. The lowest BCUT2D eigenvalue weighted by Gasteiger charge is -2.40. The molecule has 1 fully saturated rings. The van der Waals surface area contributed by atoms with E-state index in [-0.39, 0.29) is 11.2 Å². The molecule has 0 N–H and O–H groups in total. The van der Waals surface area contributed by atoms with Crippen LogP contribution in [0.2, 0.25) is 0 Å². The van der Waals surface area contributed by atoms with E-state index in [1.807, 2.05) is 0 Å². The average Bonchev–Trinajstić information content (AvgIpc) is 2.27. The van der Waals surface area contributed by atoms with E-state index in [4.69, 9.17) is 9.47 Å². The highest BCUT2D eigenvalue weighted by Gasteiger charge is 2.31. The van der Waals surface area contributed by atoms with Gasteiger partial charge in [0, 0.05) is 6.54 Å². The molecule has 3 nitrogen and oxygen atoms in total. The number of ether oxygens (including phenoxy) is 2. The van der Waals surface area contributed by atoms with Crippen LogP contribution < -0.4 is 0 Å². The maximum Gasteiger partial charge on any atom is 0.0600 e. The smallest absolute Gasteiger partial charge is 0.0600 e. The largest absolute Gasteiger partial charge is 0.375 e. The maximum atomic E-state index is 5.99. The predicted molar refractivity (Wildman–Crippen MR) is 85.2 cm³/mol. The van der Waals surface area contributed by atoms with E-state index in [9.17, 15) is 0 Å². The van der Waals surface area contributed by atoms with Crippen molar-refractivity contribution in [1.82, 2.24) is 4.90 Å². The van der Waals surface area contributed by atoms with Crippen molar-refractivity contribution in [2.24, 2.45) is 5.41 Å². The number of hydrogen-bond donors (Lipinski definition) is 0. The third kappa shape index (κ3) is 7.61. The predicted octanol–water partition coefficient (Wildman–Crippen LogP) is 3.72. The summed E-state index contributed by atoms with van der Waals surface area (Å²) in [6.45, 7) is 20.2. The Morgan fingerprint density at radius 3 is 1.85 bits per heavy atom. The molecule has 120 valence electrons. The van der Waals surface area contributed by atoms with E-state index in [2.05, 4.69) is 53.4 Å². The Bertz CT molecular complexity index is 280. The lowest BCUT2D eigenvalue weighted by Crippen LogP contribution is -2.43. The van der Waals surface area contributed by atoms with Gasteiger partial charge in [-0.2, -0.15) is 0 Å². The number of rotatable bonds is 5. The number of likely N-dealkylation sites (tertiary alicyclic amines) is 1. The Labute approximate surface area is 126 Å². The van der Waals surface area contributed by atoms with Crippen LogP contribution in [-0.4, -0.2) is 49.0 Å². The molecule has 0 bridgehead atoms. The summed E-state index contributed by atoms with van der Waals surface area (Å²) >= 11 is 0. The summed E-state index contributed by atoms with van der Waals surface area (Å²) in [6, 6.07) is 0. The monoisotopic (exact) mass is 285 g/mol. The van der Waals surface area contributed by atoms with Crippen LogP contribution in [0.4, 0.5) is 0 Å². The summed E-state index contributed by atoms with van der Waals surface area (Å²) in [5, 5.41) is 0. The molecule has 0 saturated carbocycles. The zero-order valence-electron chi connectivity index (χ0n) is 14.7. The van der Waals surface area contributed by atoms with Crippen LogP contribution in [0.1, 0.15) is 61.3 Å². The average molecular weight is 285 g/mol. The summed E-state index contributed by atoms with van der Waals surface area (Å²) in [5.74, 6) is 0. The number of hydrogen-bond acceptors (Lipinski definition) is 3. The second-order valence-corrected chi connectivity index (χ2v) is 8.51. The van der Waals surface area contributed by atoms with Crippen LogP contribution in [0.15, 0.2) is 0 Å². The van der Waals surface area contributed by atoms with E-state index in [0.717, 1.165) is 32.8 Å². The summed E-state index contributed by atoms with van der Waals surface area (Å²) in [5.41, 5.74) is 0.292. The van der Waals surface area contributed by atoms with E-state index < -0.39 is 0 Å². The van der Waals surface area contributed by atoms with Gasteiger partial charge in [0.15, 0.2) is 0 Å². The van der Waals surface area contributed by atoms with Gasteiger partial charge < -0.3 is 14.4 Å². The van der Waals surface area contributed by atoms with Gasteiger partial charge in [-0.05, 0) is 72.9 Å². The van der Waals surface area contributed by atoms with E-state index in [1.165, 1.54) is 12.8 Å². The minimum absolute atomic E-state index is 0.0230. The molecule has 20 heavy (non-hydrogen) atoms. The number of piperidine rings is 1. The lowest BCUT2D eigenvalue weighted by atomic mass is 9.81. The molecule has 0 spiro atoms.